The van der Waals surface area contributed by atoms with Crippen molar-refractivity contribution in [2.75, 3.05) is 11.6 Å². The molecule has 1 aromatic rings. The molecule has 0 aliphatic carbocycles. The molecule has 1 aromatic carbocycles. The van der Waals surface area contributed by atoms with E-state index in [4.69, 9.17) is 5.14 Å². The zero-order valence-corrected chi connectivity index (χ0v) is 11.5. The highest BCUT2D eigenvalue weighted by Crippen LogP contribution is 2.40. The quantitative estimate of drug-likeness (QED) is 0.601. The number of anilines is 1. The normalized spacial score (nSPS) is 28.2. The standard InChI is InChI=1S/C9H15N4O3PS/c1-7-6-11-17(14,12-7)13-8-2-4-9(5-3-8)18(10,15)16/h2-5,7H,6H2,1H3,(H2,10,15,16)(H3,11,12,13,14). The monoisotopic (exact) mass is 290 g/mol. The summed E-state index contributed by atoms with van der Waals surface area (Å²) in [5.74, 6) is 0. The molecular weight excluding hydrogens is 275 g/mol. The smallest absolute Gasteiger partial charge is 0.303 e. The Morgan fingerprint density at radius 3 is 2.44 bits per heavy atom. The molecule has 0 amide bonds. The zero-order valence-electron chi connectivity index (χ0n) is 9.75. The fourth-order valence-corrected chi connectivity index (χ4v) is 4.15. The van der Waals surface area contributed by atoms with E-state index < -0.39 is 17.6 Å². The van der Waals surface area contributed by atoms with Gasteiger partial charge in [0.15, 0.2) is 0 Å². The Kier molecular flexibility index (Phi) is 3.48. The molecule has 0 spiro atoms. The van der Waals surface area contributed by atoms with E-state index in [2.05, 4.69) is 15.3 Å². The Morgan fingerprint density at radius 1 is 1.39 bits per heavy atom. The van der Waals surface area contributed by atoms with Gasteiger partial charge in [-0.25, -0.2) is 23.7 Å². The summed E-state index contributed by atoms with van der Waals surface area (Å²) in [5, 5.41) is 13.6. The molecule has 0 saturated carbocycles. The lowest BCUT2D eigenvalue weighted by Crippen LogP contribution is -2.19. The van der Waals surface area contributed by atoms with E-state index in [1.54, 1.807) is 0 Å². The van der Waals surface area contributed by atoms with E-state index in [9.17, 15) is 13.0 Å². The summed E-state index contributed by atoms with van der Waals surface area (Å²) in [6.07, 6.45) is 0. The Hall–Kier alpha value is -0.920. The fourth-order valence-electron chi connectivity index (χ4n) is 1.64. The highest BCUT2D eigenvalue weighted by atomic mass is 32.2. The van der Waals surface area contributed by atoms with Crippen LogP contribution in [0.5, 0.6) is 0 Å². The van der Waals surface area contributed by atoms with Crippen molar-refractivity contribution in [2.24, 2.45) is 5.14 Å². The van der Waals surface area contributed by atoms with E-state index in [0.717, 1.165) is 0 Å². The molecule has 1 aliphatic heterocycles. The topological polar surface area (TPSA) is 113 Å². The number of rotatable bonds is 3. The van der Waals surface area contributed by atoms with Crippen LogP contribution in [0.1, 0.15) is 6.92 Å². The molecule has 1 saturated heterocycles. The molecule has 0 radical (unpaired) electrons. The molecule has 7 nitrogen and oxygen atoms in total. The second-order valence-corrected chi connectivity index (χ2v) is 7.76. The molecule has 5 N–H and O–H groups in total. The summed E-state index contributed by atoms with van der Waals surface area (Å²) in [7, 11) is -6.53. The van der Waals surface area contributed by atoms with Gasteiger partial charge in [0.25, 0.3) is 0 Å². The summed E-state index contributed by atoms with van der Waals surface area (Å²) >= 11 is 0. The van der Waals surface area contributed by atoms with Crippen molar-refractivity contribution >= 4 is 23.3 Å². The number of sulfonamides is 1. The maximum atomic E-state index is 12.2. The first-order valence-corrected chi connectivity index (χ1v) is 8.58. The van der Waals surface area contributed by atoms with Crippen molar-refractivity contribution in [1.29, 1.82) is 0 Å². The second kappa shape index (κ2) is 4.64. The van der Waals surface area contributed by atoms with E-state index >= 15 is 0 Å². The molecule has 100 valence electrons. The molecule has 1 fully saturated rings. The van der Waals surface area contributed by atoms with E-state index in [-0.39, 0.29) is 10.9 Å². The average Bonchev–Trinajstić information content (AvgIpc) is 2.58. The van der Waals surface area contributed by atoms with Gasteiger partial charge >= 0.3 is 7.59 Å². The lowest BCUT2D eigenvalue weighted by Gasteiger charge is -2.15. The summed E-state index contributed by atoms with van der Waals surface area (Å²) in [5.41, 5.74) is 0.555. The Bertz CT molecular complexity index is 586. The highest BCUT2D eigenvalue weighted by Gasteiger charge is 2.30. The van der Waals surface area contributed by atoms with Crippen molar-refractivity contribution in [3.8, 4) is 0 Å². The van der Waals surface area contributed by atoms with Gasteiger partial charge < -0.3 is 5.09 Å². The molecule has 0 aromatic heterocycles. The van der Waals surface area contributed by atoms with Crippen LogP contribution in [0, 0.1) is 0 Å². The third-order valence-electron chi connectivity index (χ3n) is 2.49. The number of hydrogen-bond donors (Lipinski definition) is 4. The van der Waals surface area contributed by atoms with Crippen LogP contribution in [0.3, 0.4) is 0 Å². The average molecular weight is 290 g/mol. The van der Waals surface area contributed by atoms with Crippen LogP contribution in [-0.4, -0.2) is 21.0 Å². The lowest BCUT2D eigenvalue weighted by atomic mass is 10.3. The summed E-state index contributed by atoms with van der Waals surface area (Å²) in [4.78, 5) is 0.0204. The van der Waals surface area contributed by atoms with E-state index in [0.29, 0.717) is 12.2 Å². The van der Waals surface area contributed by atoms with Gasteiger partial charge in [0.2, 0.25) is 10.0 Å². The molecule has 1 heterocycles. The van der Waals surface area contributed by atoms with E-state index in [1.807, 2.05) is 6.92 Å². The van der Waals surface area contributed by atoms with Crippen molar-refractivity contribution < 1.29 is 13.0 Å². The Balaban J connectivity index is 2.14. The maximum absolute atomic E-state index is 12.2. The number of nitrogens with one attached hydrogen (secondary N) is 3. The number of benzene rings is 1. The minimum atomic E-state index is -3.70. The lowest BCUT2D eigenvalue weighted by molar-refractivity contribution is 0.569. The van der Waals surface area contributed by atoms with Gasteiger partial charge in [-0.1, -0.05) is 0 Å². The van der Waals surface area contributed by atoms with Gasteiger partial charge in [-0.05, 0) is 31.2 Å². The molecule has 0 bridgehead atoms. The first-order valence-electron chi connectivity index (χ1n) is 5.33. The van der Waals surface area contributed by atoms with Crippen LogP contribution in [0.4, 0.5) is 5.69 Å². The minimum absolute atomic E-state index is 0.0204. The van der Waals surface area contributed by atoms with Gasteiger partial charge in [0.1, 0.15) is 0 Å². The third kappa shape index (κ3) is 3.09. The predicted molar refractivity (Wildman–Crippen MR) is 69.6 cm³/mol. The van der Waals surface area contributed by atoms with E-state index in [1.165, 1.54) is 24.3 Å². The van der Waals surface area contributed by atoms with Gasteiger partial charge in [-0.2, -0.15) is 0 Å². The van der Waals surface area contributed by atoms with Crippen LogP contribution in [0.15, 0.2) is 29.2 Å². The van der Waals surface area contributed by atoms with Gasteiger partial charge in [-0.3, -0.25) is 4.57 Å². The van der Waals surface area contributed by atoms with Crippen LogP contribution >= 0.6 is 7.59 Å². The van der Waals surface area contributed by atoms with Crippen LogP contribution in [-0.2, 0) is 14.6 Å². The molecular formula is C9H15N4O3PS. The number of primary sulfonamides is 1. The largest absolute Gasteiger partial charge is 0.313 e. The first-order chi connectivity index (χ1) is 8.28. The fraction of sp³-hybridized carbons (Fsp3) is 0.333. The zero-order chi connectivity index (χ0) is 13.4. The first kappa shape index (κ1) is 13.5. The van der Waals surface area contributed by atoms with Gasteiger partial charge in [-0.15, -0.1) is 0 Å². The summed E-state index contributed by atoms with van der Waals surface area (Å²) < 4.78 is 34.3. The number of nitrogens with two attached hydrogens (primary N) is 1. The molecule has 9 heteroatoms. The van der Waals surface area contributed by atoms with Gasteiger partial charge in [0, 0.05) is 18.3 Å². The Morgan fingerprint density at radius 2 is 2.00 bits per heavy atom. The molecule has 2 unspecified atom stereocenters. The van der Waals surface area contributed by atoms with Crippen LogP contribution in [0.25, 0.3) is 0 Å². The van der Waals surface area contributed by atoms with Crippen molar-refractivity contribution in [2.45, 2.75) is 17.9 Å². The highest BCUT2D eigenvalue weighted by molar-refractivity contribution is 7.89. The SMILES string of the molecule is CC1CNP(=O)(Nc2ccc(S(N)(=O)=O)cc2)N1. The second-order valence-electron chi connectivity index (χ2n) is 4.18. The molecule has 2 rings (SSSR count). The van der Waals surface area contributed by atoms with Crippen molar-refractivity contribution in [3.05, 3.63) is 24.3 Å². The van der Waals surface area contributed by atoms with Gasteiger partial charge in [0.05, 0.1) is 4.90 Å². The maximum Gasteiger partial charge on any atom is 0.303 e. The molecule has 1 aliphatic rings. The summed E-state index contributed by atoms with van der Waals surface area (Å²) in [6, 6.07) is 5.89. The van der Waals surface area contributed by atoms with Crippen LogP contribution in [0.2, 0.25) is 0 Å². The minimum Gasteiger partial charge on any atom is -0.313 e. The summed E-state index contributed by atoms with van der Waals surface area (Å²) in [6.45, 7) is 2.53. The third-order valence-corrected chi connectivity index (χ3v) is 5.43. The molecule has 2 atom stereocenters. The molecule has 18 heavy (non-hydrogen) atoms. The number of hydrogen-bond acceptors (Lipinski definition) is 3. The van der Waals surface area contributed by atoms with Crippen molar-refractivity contribution in [3.63, 3.8) is 0 Å². The van der Waals surface area contributed by atoms with Crippen LogP contribution < -0.4 is 20.4 Å². The Labute approximate surface area is 106 Å². The van der Waals surface area contributed by atoms with Crippen molar-refractivity contribution in [1.82, 2.24) is 10.2 Å². The predicted octanol–water partition coefficient (Wildman–Crippen LogP) is 0.435.